The monoisotopic (exact) mass is 255 g/mol. The number of para-hydroxylation sites is 1. The van der Waals surface area contributed by atoms with E-state index in [2.05, 4.69) is 10.3 Å². The van der Waals surface area contributed by atoms with Gasteiger partial charge in [0.1, 0.15) is 0 Å². The van der Waals surface area contributed by atoms with Crippen molar-refractivity contribution in [3.05, 3.63) is 60.2 Å². The lowest BCUT2D eigenvalue weighted by atomic mass is 10.2. The molecule has 0 atom stereocenters. The molecule has 0 aromatic heterocycles. The van der Waals surface area contributed by atoms with Crippen LogP contribution in [0, 0.1) is 0 Å². The standard InChI is InChI=1S/C14H13N3O2/c15-14(16-11-4-2-1-3-5-11)17-12-8-6-10(7-9-12)13(18)19/h1-9H,(H,18,19)(H3,15,16,17). The second-order valence-corrected chi connectivity index (χ2v) is 3.84. The van der Waals surface area contributed by atoms with Gasteiger partial charge in [-0.25, -0.2) is 9.79 Å². The SMILES string of the molecule is NC(=Nc1ccc(C(=O)O)cc1)Nc1ccccc1. The van der Waals surface area contributed by atoms with Crippen molar-refractivity contribution in [2.75, 3.05) is 5.32 Å². The first-order chi connectivity index (χ1) is 9.15. The molecule has 0 unspecified atom stereocenters. The molecule has 0 radical (unpaired) electrons. The average molecular weight is 255 g/mol. The Hall–Kier alpha value is -2.82. The summed E-state index contributed by atoms with van der Waals surface area (Å²) in [4.78, 5) is 14.8. The Morgan fingerprint density at radius 2 is 1.68 bits per heavy atom. The third kappa shape index (κ3) is 3.57. The molecule has 19 heavy (non-hydrogen) atoms. The third-order valence-electron chi connectivity index (χ3n) is 2.41. The zero-order valence-corrected chi connectivity index (χ0v) is 10.1. The summed E-state index contributed by atoms with van der Waals surface area (Å²) >= 11 is 0. The molecule has 0 aliphatic rings. The molecule has 2 aromatic carbocycles. The number of rotatable bonds is 3. The molecule has 5 heteroatoms. The Balaban J connectivity index is 2.10. The van der Waals surface area contributed by atoms with E-state index < -0.39 is 5.97 Å². The van der Waals surface area contributed by atoms with Crippen LogP contribution in [0.4, 0.5) is 11.4 Å². The number of anilines is 1. The van der Waals surface area contributed by atoms with Crippen LogP contribution in [0.15, 0.2) is 59.6 Å². The van der Waals surface area contributed by atoms with Crippen LogP contribution in [0.1, 0.15) is 10.4 Å². The first-order valence-corrected chi connectivity index (χ1v) is 5.65. The Bertz CT molecular complexity index is 592. The van der Waals surface area contributed by atoms with Crippen LogP contribution in [0.2, 0.25) is 0 Å². The number of carbonyl (C=O) groups is 1. The molecule has 0 amide bonds. The molecule has 2 rings (SSSR count). The molecule has 2 aromatic rings. The fourth-order valence-corrected chi connectivity index (χ4v) is 1.51. The van der Waals surface area contributed by atoms with Crippen molar-refractivity contribution in [3.8, 4) is 0 Å². The average Bonchev–Trinajstić information content (AvgIpc) is 2.40. The van der Waals surface area contributed by atoms with Gasteiger partial charge in [0.15, 0.2) is 5.96 Å². The lowest BCUT2D eigenvalue weighted by Gasteiger charge is -2.05. The van der Waals surface area contributed by atoms with Gasteiger partial charge in [-0.3, -0.25) is 0 Å². The van der Waals surface area contributed by atoms with E-state index in [4.69, 9.17) is 10.8 Å². The number of nitrogens with two attached hydrogens (primary N) is 1. The van der Waals surface area contributed by atoms with Gasteiger partial charge < -0.3 is 16.2 Å². The number of hydrogen-bond donors (Lipinski definition) is 3. The predicted octanol–water partition coefficient (Wildman–Crippen LogP) is 2.44. The zero-order valence-electron chi connectivity index (χ0n) is 10.1. The zero-order chi connectivity index (χ0) is 13.7. The summed E-state index contributed by atoms with van der Waals surface area (Å²) in [6.07, 6.45) is 0. The summed E-state index contributed by atoms with van der Waals surface area (Å²) < 4.78 is 0. The summed E-state index contributed by atoms with van der Waals surface area (Å²) in [5.41, 5.74) is 7.40. The number of nitrogens with zero attached hydrogens (tertiary/aromatic N) is 1. The molecule has 96 valence electrons. The van der Waals surface area contributed by atoms with Crippen LogP contribution >= 0.6 is 0 Å². The number of benzene rings is 2. The molecule has 0 saturated heterocycles. The summed E-state index contributed by atoms with van der Waals surface area (Å²) in [7, 11) is 0. The molecular formula is C14H13N3O2. The van der Waals surface area contributed by atoms with Gasteiger partial charge in [-0.1, -0.05) is 18.2 Å². The maximum Gasteiger partial charge on any atom is 0.335 e. The van der Waals surface area contributed by atoms with E-state index in [0.717, 1.165) is 5.69 Å². The van der Waals surface area contributed by atoms with Crippen molar-refractivity contribution in [3.63, 3.8) is 0 Å². The highest BCUT2D eigenvalue weighted by Crippen LogP contribution is 2.13. The number of aromatic carboxylic acids is 1. The number of nitrogens with one attached hydrogen (secondary N) is 1. The summed E-state index contributed by atoms with van der Waals surface area (Å²) in [5.74, 6) is -0.722. The molecule has 0 saturated carbocycles. The van der Waals surface area contributed by atoms with Crippen molar-refractivity contribution in [2.45, 2.75) is 0 Å². The third-order valence-corrected chi connectivity index (χ3v) is 2.41. The van der Waals surface area contributed by atoms with E-state index in [0.29, 0.717) is 5.69 Å². The Morgan fingerprint density at radius 1 is 1.05 bits per heavy atom. The first-order valence-electron chi connectivity index (χ1n) is 5.65. The highest BCUT2D eigenvalue weighted by Gasteiger charge is 2.01. The molecule has 0 heterocycles. The molecule has 0 aliphatic heterocycles. The summed E-state index contributed by atoms with van der Waals surface area (Å²) in [5, 5.41) is 11.7. The number of carboxylic acid groups (broad SMARTS) is 1. The lowest BCUT2D eigenvalue weighted by Crippen LogP contribution is -2.21. The molecule has 5 nitrogen and oxygen atoms in total. The van der Waals surface area contributed by atoms with E-state index in [1.807, 2.05) is 30.3 Å². The normalized spacial score (nSPS) is 11.1. The summed E-state index contributed by atoms with van der Waals surface area (Å²) in [6.45, 7) is 0. The van der Waals surface area contributed by atoms with Crippen molar-refractivity contribution in [2.24, 2.45) is 10.7 Å². The van der Waals surface area contributed by atoms with Gasteiger partial charge in [0.05, 0.1) is 11.3 Å². The van der Waals surface area contributed by atoms with Gasteiger partial charge in [0.2, 0.25) is 0 Å². The van der Waals surface area contributed by atoms with Gasteiger partial charge in [-0.05, 0) is 36.4 Å². The summed E-state index contributed by atoms with van der Waals surface area (Å²) in [6, 6.07) is 15.6. The maximum atomic E-state index is 10.7. The van der Waals surface area contributed by atoms with Gasteiger partial charge in [0.25, 0.3) is 0 Å². The van der Waals surface area contributed by atoms with Crippen LogP contribution in [-0.2, 0) is 0 Å². The van der Waals surface area contributed by atoms with Crippen molar-refractivity contribution >= 4 is 23.3 Å². The van der Waals surface area contributed by atoms with Crippen LogP contribution in [0.25, 0.3) is 0 Å². The van der Waals surface area contributed by atoms with Crippen LogP contribution in [0.5, 0.6) is 0 Å². The largest absolute Gasteiger partial charge is 0.478 e. The Kier molecular flexibility index (Phi) is 3.78. The Morgan fingerprint density at radius 3 is 2.26 bits per heavy atom. The van der Waals surface area contributed by atoms with Crippen LogP contribution in [-0.4, -0.2) is 17.0 Å². The molecule has 0 fully saturated rings. The number of hydrogen-bond acceptors (Lipinski definition) is 2. The van der Waals surface area contributed by atoms with E-state index in [9.17, 15) is 4.79 Å². The minimum Gasteiger partial charge on any atom is -0.478 e. The molecule has 0 spiro atoms. The van der Waals surface area contributed by atoms with Gasteiger partial charge in [0, 0.05) is 5.69 Å². The highest BCUT2D eigenvalue weighted by molar-refractivity contribution is 5.94. The minimum atomic E-state index is -0.967. The van der Waals surface area contributed by atoms with E-state index in [1.165, 1.54) is 12.1 Å². The maximum absolute atomic E-state index is 10.7. The van der Waals surface area contributed by atoms with E-state index in [-0.39, 0.29) is 11.5 Å². The van der Waals surface area contributed by atoms with Gasteiger partial charge in [-0.15, -0.1) is 0 Å². The first kappa shape index (κ1) is 12.6. The second kappa shape index (κ2) is 5.68. The molecule has 0 bridgehead atoms. The van der Waals surface area contributed by atoms with Crippen molar-refractivity contribution in [1.29, 1.82) is 0 Å². The number of guanidine groups is 1. The Labute approximate surface area is 110 Å². The van der Waals surface area contributed by atoms with Crippen molar-refractivity contribution < 1.29 is 9.90 Å². The highest BCUT2D eigenvalue weighted by atomic mass is 16.4. The fraction of sp³-hybridized carbons (Fsp3) is 0. The van der Waals surface area contributed by atoms with Crippen LogP contribution < -0.4 is 11.1 Å². The molecular weight excluding hydrogens is 242 g/mol. The number of carboxylic acids is 1. The molecule has 0 aliphatic carbocycles. The quantitative estimate of drug-likeness (QED) is 0.580. The smallest absolute Gasteiger partial charge is 0.335 e. The second-order valence-electron chi connectivity index (χ2n) is 3.84. The minimum absolute atomic E-state index is 0.216. The predicted molar refractivity (Wildman–Crippen MR) is 74.7 cm³/mol. The van der Waals surface area contributed by atoms with Gasteiger partial charge in [-0.2, -0.15) is 0 Å². The molecule has 4 N–H and O–H groups in total. The number of aliphatic imine (C=N–C) groups is 1. The van der Waals surface area contributed by atoms with E-state index in [1.54, 1.807) is 12.1 Å². The van der Waals surface area contributed by atoms with Gasteiger partial charge >= 0.3 is 5.97 Å². The van der Waals surface area contributed by atoms with Crippen molar-refractivity contribution in [1.82, 2.24) is 0 Å². The van der Waals surface area contributed by atoms with Crippen LogP contribution in [0.3, 0.4) is 0 Å². The van der Waals surface area contributed by atoms with E-state index >= 15 is 0 Å². The fourth-order valence-electron chi connectivity index (χ4n) is 1.51. The lowest BCUT2D eigenvalue weighted by molar-refractivity contribution is 0.0697. The topological polar surface area (TPSA) is 87.7 Å².